The zero-order valence-electron chi connectivity index (χ0n) is 17.3. The third-order valence-electron chi connectivity index (χ3n) is 5.95. The van der Waals surface area contributed by atoms with E-state index in [1.165, 1.54) is 16.4 Å². The summed E-state index contributed by atoms with van der Waals surface area (Å²) >= 11 is 0. The highest BCUT2D eigenvalue weighted by Crippen LogP contribution is 2.35. The maximum atomic E-state index is 13.0. The Hall–Kier alpha value is -2.65. The van der Waals surface area contributed by atoms with Gasteiger partial charge in [-0.05, 0) is 42.7 Å². The highest BCUT2D eigenvalue weighted by atomic mass is 32.2. The summed E-state index contributed by atoms with van der Waals surface area (Å²) in [6, 6.07) is 12.3. The van der Waals surface area contributed by atoms with Crippen LogP contribution in [0.25, 0.3) is 0 Å². The minimum atomic E-state index is -3.67. The molecule has 0 bridgehead atoms. The molecule has 2 aliphatic heterocycles. The van der Waals surface area contributed by atoms with Gasteiger partial charge in [0.15, 0.2) is 0 Å². The zero-order valence-corrected chi connectivity index (χ0v) is 18.1. The third kappa shape index (κ3) is 4.52. The van der Waals surface area contributed by atoms with Crippen molar-refractivity contribution in [3.63, 3.8) is 0 Å². The lowest BCUT2D eigenvalue weighted by atomic mass is 10.1. The average molecular weight is 448 g/mol. The number of carbonyl (C=O) groups is 1. The Balaban J connectivity index is 1.40. The Bertz CT molecular complexity index is 1040. The van der Waals surface area contributed by atoms with Gasteiger partial charge in [0, 0.05) is 33.1 Å². The lowest BCUT2D eigenvalue weighted by Crippen LogP contribution is -2.45. The first-order chi connectivity index (χ1) is 14.9. The van der Waals surface area contributed by atoms with Gasteiger partial charge >= 0.3 is 6.03 Å². The number of ether oxygens (including phenoxy) is 1. The van der Waals surface area contributed by atoms with Crippen LogP contribution in [0, 0.1) is 5.82 Å². The summed E-state index contributed by atoms with van der Waals surface area (Å²) in [5.74, 6) is 0.0745. The number of benzene rings is 2. The van der Waals surface area contributed by atoms with E-state index in [9.17, 15) is 17.6 Å². The molecule has 1 fully saturated rings. The molecule has 1 saturated heterocycles. The van der Waals surface area contributed by atoms with Crippen LogP contribution in [0.15, 0.2) is 53.4 Å². The van der Waals surface area contributed by atoms with Gasteiger partial charge in [0.1, 0.15) is 22.6 Å². The second kappa shape index (κ2) is 8.84. The molecule has 0 saturated carbocycles. The summed E-state index contributed by atoms with van der Waals surface area (Å²) in [4.78, 5) is 14.5. The maximum absolute atomic E-state index is 13.0. The smallest absolute Gasteiger partial charge is 0.317 e. The zero-order chi connectivity index (χ0) is 22.0. The van der Waals surface area contributed by atoms with Gasteiger partial charge in [0.2, 0.25) is 10.0 Å². The van der Waals surface area contributed by atoms with Crippen molar-refractivity contribution in [1.29, 1.82) is 0 Å². The van der Waals surface area contributed by atoms with Crippen molar-refractivity contribution in [1.82, 2.24) is 14.5 Å². The Morgan fingerprint density at radius 3 is 2.61 bits per heavy atom. The summed E-state index contributed by atoms with van der Waals surface area (Å²) < 4.78 is 46.6. The predicted molar refractivity (Wildman–Crippen MR) is 114 cm³/mol. The number of nitrogens with one attached hydrogen (secondary N) is 1. The van der Waals surface area contributed by atoms with Crippen LogP contribution in [0.5, 0.6) is 5.75 Å². The van der Waals surface area contributed by atoms with E-state index < -0.39 is 10.0 Å². The number of hydrogen-bond acceptors (Lipinski definition) is 4. The van der Waals surface area contributed by atoms with Crippen molar-refractivity contribution >= 4 is 16.1 Å². The fourth-order valence-corrected chi connectivity index (χ4v) is 5.68. The number of halogens is 1. The monoisotopic (exact) mass is 447 g/mol. The van der Waals surface area contributed by atoms with Crippen molar-refractivity contribution in [2.24, 2.45) is 0 Å². The van der Waals surface area contributed by atoms with Crippen LogP contribution < -0.4 is 10.1 Å². The fraction of sp³-hybridized carbons (Fsp3) is 0.409. The molecule has 2 amide bonds. The van der Waals surface area contributed by atoms with Crippen molar-refractivity contribution in [2.45, 2.75) is 36.3 Å². The Labute approximate surface area is 181 Å². The van der Waals surface area contributed by atoms with Crippen molar-refractivity contribution in [2.75, 3.05) is 26.7 Å². The summed E-state index contributed by atoms with van der Waals surface area (Å²) in [5.41, 5.74) is 0.943. The van der Waals surface area contributed by atoms with E-state index in [2.05, 4.69) is 5.32 Å². The van der Waals surface area contributed by atoms with Crippen LogP contribution in [0.4, 0.5) is 9.18 Å². The molecule has 0 unspecified atom stereocenters. The lowest BCUT2D eigenvalue weighted by molar-refractivity contribution is 0.122. The van der Waals surface area contributed by atoms with Gasteiger partial charge < -0.3 is 15.0 Å². The number of likely N-dealkylation sites (N-methyl/N-ethyl adjacent to an activating group) is 1. The molecule has 2 aromatic carbocycles. The van der Waals surface area contributed by atoms with Crippen molar-refractivity contribution in [3.05, 3.63) is 59.9 Å². The molecule has 0 radical (unpaired) electrons. The summed E-state index contributed by atoms with van der Waals surface area (Å²) in [5, 5.41) is 2.90. The molecule has 166 valence electrons. The molecule has 2 aromatic rings. The molecule has 2 aliphatic rings. The Morgan fingerprint density at radius 2 is 1.84 bits per heavy atom. The molecular weight excluding hydrogens is 421 g/mol. The van der Waals surface area contributed by atoms with Crippen LogP contribution in [0.3, 0.4) is 0 Å². The van der Waals surface area contributed by atoms with E-state index in [-0.39, 0.29) is 28.9 Å². The first-order valence-corrected chi connectivity index (χ1v) is 11.8. The minimum absolute atomic E-state index is 0.181. The van der Waals surface area contributed by atoms with Gasteiger partial charge in [-0.1, -0.05) is 24.3 Å². The number of rotatable bonds is 3. The van der Waals surface area contributed by atoms with E-state index >= 15 is 0 Å². The SMILES string of the molecule is CN1[C@@H]2CCN(C(=O)NCCc3ccc(F)cc3)CC[C@@H]2Oc2ccccc2S1(=O)=O. The molecular formula is C22H26FN3O4S. The molecule has 1 N–H and O–H groups in total. The molecule has 9 heteroatoms. The van der Waals surface area contributed by atoms with Gasteiger partial charge in [-0.15, -0.1) is 0 Å². The van der Waals surface area contributed by atoms with Crippen LogP contribution in [-0.4, -0.2) is 62.5 Å². The number of para-hydroxylation sites is 1. The quantitative estimate of drug-likeness (QED) is 0.785. The molecule has 4 rings (SSSR count). The number of urea groups is 1. The summed E-state index contributed by atoms with van der Waals surface area (Å²) in [6.07, 6.45) is 1.29. The normalized spacial score (nSPS) is 23.0. The molecule has 0 aromatic heterocycles. The van der Waals surface area contributed by atoms with Crippen LogP contribution >= 0.6 is 0 Å². The summed E-state index contributed by atoms with van der Waals surface area (Å²) in [7, 11) is -2.09. The number of likely N-dealkylation sites (tertiary alicyclic amines) is 1. The Morgan fingerprint density at radius 1 is 1.13 bits per heavy atom. The van der Waals surface area contributed by atoms with Gasteiger partial charge in [-0.3, -0.25) is 0 Å². The van der Waals surface area contributed by atoms with Gasteiger partial charge in [0.05, 0.1) is 6.04 Å². The first kappa shape index (κ1) is 21.6. The largest absolute Gasteiger partial charge is 0.487 e. The highest BCUT2D eigenvalue weighted by molar-refractivity contribution is 7.89. The average Bonchev–Trinajstić information content (AvgIpc) is 3.00. The first-order valence-electron chi connectivity index (χ1n) is 10.4. The van der Waals surface area contributed by atoms with E-state index in [4.69, 9.17) is 4.74 Å². The fourth-order valence-electron chi connectivity index (χ4n) is 4.15. The second-order valence-corrected chi connectivity index (χ2v) is 9.83. The van der Waals surface area contributed by atoms with E-state index in [1.54, 1.807) is 48.3 Å². The summed E-state index contributed by atoms with van der Waals surface area (Å²) in [6.45, 7) is 1.34. The standard InChI is InChI=1S/C22H26FN3O4S/c1-25-18-11-14-26(22(27)24-13-10-16-6-8-17(23)9-7-16)15-12-19(18)30-20-4-2-3-5-21(20)31(25,28)29/h2-9,18-19H,10-15H2,1H3,(H,24,27)/t18-,19+/m1/s1. The van der Waals surface area contributed by atoms with Crippen LogP contribution in [0.2, 0.25) is 0 Å². The van der Waals surface area contributed by atoms with Gasteiger partial charge in [-0.25, -0.2) is 17.6 Å². The highest BCUT2D eigenvalue weighted by Gasteiger charge is 2.41. The number of sulfonamides is 1. The number of fused-ring (bicyclic) bond motifs is 2. The lowest BCUT2D eigenvalue weighted by Gasteiger charge is -2.28. The van der Waals surface area contributed by atoms with E-state index in [0.717, 1.165) is 5.56 Å². The predicted octanol–water partition coefficient (Wildman–Crippen LogP) is 2.62. The number of amides is 2. The van der Waals surface area contributed by atoms with Crippen LogP contribution in [0.1, 0.15) is 18.4 Å². The number of nitrogens with zero attached hydrogens (tertiary/aromatic N) is 2. The van der Waals surface area contributed by atoms with Crippen LogP contribution in [-0.2, 0) is 16.4 Å². The minimum Gasteiger partial charge on any atom is -0.487 e. The number of carbonyl (C=O) groups excluding carboxylic acids is 1. The Kier molecular flexibility index (Phi) is 6.15. The van der Waals surface area contributed by atoms with E-state index in [0.29, 0.717) is 44.6 Å². The topological polar surface area (TPSA) is 79.0 Å². The molecule has 0 spiro atoms. The van der Waals surface area contributed by atoms with Crippen molar-refractivity contribution in [3.8, 4) is 5.75 Å². The molecule has 2 heterocycles. The number of hydrogen-bond donors (Lipinski definition) is 1. The van der Waals surface area contributed by atoms with E-state index in [1.807, 2.05) is 0 Å². The molecule has 0 aliphatic carbocycles. The van der Waals surface area contributed by atoms with Crippen molar-refractivity contribution < 1.29 is 22.3 Å². The second-order valence-electron chi connectivity index (χ2n) is 7.86. The molecule has 2 atom stereocenters. The third-order valence-corrected chi connectivity index (χ3v) is 7.87. The van der Waals surface area contributed by atoms with Gasteiger partial charge in [-0.2, -0.15) is 4.31 Å². The van der Waals surface area contributed by atoms with Gasteiger partial charge in [0.25, 0.3) is 0 Å². The maximum Gasteiger partial charge on any atom is 0.317 e. The molecule has 31 heavy (non-hydrogen) atoms. The molecule has 7 nitrogen and oxygen atoms in total.